The lowest BCUT2D eigenvalue weighted by atomic mass is 9.89. The van der Waals surface area contributed by atoms with Crippen LogP contribution in [-0.2, 0) is 0 Å². The highest BCUT2D eigenvalue weighted by Crippen LogP contribution is 2.50. The molecule has 2 aromatic rings. The number of methoxy groups -OCH3 is 2. The number of hydrogen-bond donors (Lipinski definition) is 0. The molecule has 6 heteroatoms. The number of nitrogens with zero attached hydrogens (tertiary/aromatic N) is 2. The Bertz CT molecular complexity index is 995. The number of carbonyl (C=O) groups excluding carboxylic acids is 1. The van der Waals surface area contributed by atoms with E-state index in [1.54, 1.807) is 19.8 Å². The Balaban J connectivity index is 1.22. The largest absolute Gasteiger partial charge is 0.493 e. The van der Waals surface area contributed by atoms with Gasteiger partial charge in [-0.25, -0.2) is 0 Å². The number of rotatable bonds is 7. The number of para-hydroxylation sites is 2. The van der Waals surface area contributed by atoms with Gasteiger partial charge in [-0.05, 0) is 55.3 Å². The molecule has 0 aliphatic carbocycles. The topological polar surface area (TPSA) is 42.0 Å². The van der Waals surface area contributed by atoms with Gasteiger partial charge in [-0.15, -0.1) is 11.8 Å². The van der Waals surface area contributed by atoms with Gasteiger partial charge in [-0.3, -0.25) is 4.79 Å². The summed E-state index contributed by atoms with van der Waals surface area (Å²) in [6.45, 7) is 4.36. The number of fused-ring (bicyclic) bond motifs is 3. The number of carbonyl (C=O) groups is 1. The Morgan fingerprint density at radius 2 is 2.00 bits per heavy atom. The normalized spacial score (nSPS) is 22.1. The van der Waals surface area contributed by atoms with E-state index in [-0.39, 0.29) is 5.78 Å². The van der Waals surface area contributed by atoms with Gasteiger partial charge in [0.25, 0.3) is 0 Å². The number of hydrogen-bond acceptors (Lipinski definition) is 6. The van der Waals surface area contributed by atoms with Gasteiger partial charge in [0.1, 0.15) is 0 Å². The maximum absolute atomic E-state index is 12.9. The summed E-state index contributed by atoms with van der Waals surface area (Å²) in [6.07, 6.45) is 3.86. The Kier molecular flexibility index (Phi) is 6.33. The molecule has 1 saturated heterocycles. The zero-order valence-corrected chi connectivity index (χ0v) is 19.8. The molecule has 0 saturated carbocycles. The molecule has 3 aliphatic heterocycles. The molecular weight excluding hydrogens is 420 g/mol. The van der Waals surface area contributed by atoms with E-state index in [0.717, 1.165) is 26.1 Å². The van der Waals surface area contributed by atoms with E-state index in [4.69, 9.17) is 9.47 Å². The van der Waals surface area contributed by atoms with E-state index < -0.39 is 0 Å². The van der Waals surface area contributed by atoms with Gasteiger partial charge < -0.3 is 19.3 Å². The molecule has 5 rings (SSSR count). The van der Waals surface area contributed by atoms with E-state index in [1.165, 1.54) is 35.7 Å². The third-order valence-corrected chi connectivity index (χ3v) is 8.29. The fraction of sp³-hybridized carbons (Fsp3) is 0.500. The van der Waals surface area contributed by atoms with Crippen LogP contribution in [0.5, 0.6) is 11.5 Å². The van der Waals surface area contributed by atoms with Crippen molar-refractivity contribution in [2.24, 2.45) is 0 Å². The summed E-state index contributed by atoms with van der Waals surface area (Å²) >= 11 is 2.02. The van der Waals surface area contributed by atoms with E-state index >= 15 is 0 Å². The highest BCUT2D eigenvalue weighted by Gasteiger charge is 2.43. The van der Waals surface area contributed by atoms with Crippen LogP contribution >= 0.6 is 11.8 Å². The quantitative estimate of drug-likeness (QED) is 0.560. The van der Waals surface area contributed by atoms with Crippen molar-refractivity contribution < 1.29 is 14.3 Å². The second kappa shape index (κ2) is 9.36. The molecule has 32 heavy (non-hydrogen) atoms. The van der Waals surface area contributed by atoms with E-state index in [2.05, 4.69) is 28.0 Å². The van der Waals surface area contributed by atoms with Crippen LogP contribution in [0.15, 0.2) is 41.3 Å². The highest BCUT2D eigenvalue weighted by atomic mass is 32.2. The number of anilines is 1. The lowest BCUT2D eigenvalue weighted by Crippen LogP contribution is -2.46. The van der Waals surface area contributed by atoms with Crippen LogP contribution in [0.4, 0.5) is 5.69 Å². The first-order valence-electron chi connectivity index (χ1n) is 11.7. The molecule has 0 aromatic heterocycles. The van der Waals surface area contributed by atoms with Gasteiger partial charge >= 0.3 is 0 Å². The smallest absolute Gasteiger partial charge is 0.171 e. The summed E-state index contributed by atoms with van der Waals surface area (Å²) in [5.41, 5.74) is 3.68. The second-order valence-electron chi connectivity index (χ2n) is 8.92. The third kappa shape index (κ3) is 3.88. The summed E-state index contributed by atoms with van der Waals surface area (Å²) in [6, 6.07) is 13.0. The maximum atomic E-state index is 12.9. The Labute approximate surface area is 195 Å². The van der Waals surface area contributed by atoms with Crippen LogP contribution in [0.25, 0.3) is 0 Å². The molecule has 1 fully saturated rings. The van der Waals surface area contributed by atoms with Gasteiger partial charge in [0.15, 0.2) is 17.3 Å². The van der Waals surface area contributed by atoms with Crippen LogP contribution < -0.4 is 14.4 Å². The maximum Gasteiger partial charge on any atom is 0.171 e. The van der Waals surface area contributed by atoms with Crippen LogP contribution in [0.3, 0.4) is 0 Å². The zero-order chi connectivity index (χ0) is 22.1. The van der Waals surface area contributed by atoms with Gasteiger partial charge in [-0.1, -0.05) is 18.2 Å². The fourth-order valence-electron chi connectivity index (χ4n) is 5.72. The Hall–Kier alpha value is -2.18. The second-order valence-corrected chi connectivity index (χ2v) is 10.1. The number of thioether (sulfide) groups is 1. The van der Waals surface area contributed by atoms with Crippen LogP contribution in [-0.4, -0.2) is 62.9 Å². The summed E-state index contributed by atoms with van der Waals surface area (Å²) in [7, 11) is 3.19. The molecule has 170 valence electrons. The average Bonchev–Trinajstić information content (AvgIpc) is 2.98. The van der Waals surface area contributed by atoms with Crippen molar-refractivity contribution in [1.29, 1.82) is 0 Å². The first kappa shape index (κ1) is 21.7. The lowest BCUT2D eigenvalue weighted by molar-refractivity contribution is 0.0967. The predicted molar refractivity (Wildman–Crippen MR) is 130 cm³/mol. The van der Waals surface area contributed by atoms with Gasteiger partial charge in [-0.2, -0.15) is 0 Å². The molecule has 2 atom stereocenters. The molecule has 0 N–H and O–H groups in total. The van der Waals surface area contributed by atoms with Crippen LogP contribution in [0.1, 0.15) is 47.5 Å². The molecule has 0 unspecified atom stereocenters. The van der Waals surface area contributed by atoms with Crippen molar-refractivity contribution in [1.82, 2.24) is 4.90 Å². The van der Waals surface area contributed by atoms with Crippen molar-refractivity contribution in [3.05, 3.63) is 47.5 Å². The molecule has 2 aromatic carbocycles. The molecular formula is C26H32N2O3S. The van der Waals surface area contributed by atoms with Crippen molar-refractivity contribution in [3.8, 4) is 11.5 Å². The number of piperidine rings is 1. The summed E-state index contributed by atoms with van der Waals surface area (Å²) in [4.78, 5) is 19.6. The SMILES string of the molecule is COc1cccc(C(=O)CCCN2CC[C@H]3[C@@H](C2)c2cccc4c2N3CCCS4)c1OC. The van der Waals surface area contributed by atoms with Crippen molar-refractivity contribution in [2.75, 3.05) is 51.1 Å². The first-order chi connectivity index (χ1) is 15.7. The average molecular weight is 453 g/mol. The predicted octanol–water partition coefficient (Wildman–Crippen LogP) is 4.84. The fourth-order valence-corrected chi connectivity index (χ4v) is 6.76. The van der Waals surface area contributed by atoms with Gasteiger partial charge in [0.05, 0.1) is 25.5 Å². The van der Waals surface area contributed by atoms with Crippen LogP contribution in [0, 0.1) is 0 Å². The Morgan fingerprint density at radius 1 is 1.12 bits per heavy atom. The molecule has 0 amide bonds. The molecule has 0 spiro atoms. The first-order valence-corrected chi connectivity index (χ1v) is 12.7. The minimum Gasteiger partial charge on any atom is -0.493 e. The summed E-state index contributed by atoms with van der Waals surface area (Å²) in [5, 5.41) is 0. The van der Waals surface area contributed by atoms with Crippen molar-refractivity contribution in [2.45, 2.75) is 42.5 Å². The molecule has 3 heterocycles. The van der Waals surface area contributed by atoms with Gasteiger partial charge in [0.2, 0.25) is 0 Å². The Morgan fingerprint density at radius 3 is 2.84 bits per heavy atom. The minimum atomic E-state index is 0.122. The number of ether oxygens (including phenoxy) is 2. The zero-order valence-electron chi connectivity index (χ0n) is 19.0. The summed E-state index contributed by atoms with van der Waals surface area (Å²) in [5.74, 6) is 3.08. The molecule has 3 aliphatic rings. The standard InChI is InChI=1S/C26H32N2O3S/c1-30-23-10-3-8-19(26(23)31-2)22(29)9-5-13-27-15-12-21-20(17-27)18-7-4-11-24-25(18)28(21)14-6-16-32-24/h3-4,7-8,10-11,20-21H,5-6,9,12-17H2,1-2H3/t20-,21-/m0/s1. The summed E-state index contributed by atoms with van der Waals surface area (Å²) < 4.78 is 10.8. The third-order valence-electron chi connectivity index (χ3n) is 7.16. The van der Waals surface area contributed by atoms with Crippen LogP contribution in [0.2, 0.25) is 0 Å². The number of likely N-dealkylation sites (tertiary alicyclic amines) is 1. The highest BCUT2D eigenvalue weighted by molar-refractivity contribution is 7.99. The monoisotopic (exact) mass is 452 g/mol. The molecule has 0 radical (unpaired) electrons. The van der Waals surface area contributed by atoms with Crippen molar-refractivity contribution in [3.63, 3.8) is 0 Å². The number of ketones is 1. The minimum absolute atomic E-state index is 0.122. The lowest BCUT2D eigenvalue weighted by Gasteiger charge is -2.39. The van der Waals surface area contributed by atoms with Crippen molar-refractivity contribution >= 4 is 23.2 Å². The number of benzene rings is 2. The van der Waals surface area contributed by atoms with E-state index in [1.807, 2.05) is 30.0 Å². The van der Waals surface area contributed by atoms with E-state index in [0.29, 0.717) is 35.4 Å². The number of Topliss-reactive ketones (excluding diaryl/α,β-unsaturated/α-hetero) is 1. The van der Waals surface area contributed by atoms with E-state index in [9.17, 15) is 4.79 Å². The molecule has 5 nitrogen and oxygen atoms in total. The molecule has 0 bridgehead atoms. The van der Waals surface area contributed by atoms with Gasteiger partial charge in [0, 0.05) is 42.9 Å².